The second kappa shape index (κ2) is 7.57. The van der Waals surface area contributed by atoms with Crippen LogP contribution < -0.4 is 13.9 Å². The normalized spacial score (nSPS) is 10.5. The second-order valence-corrected chi connectivity index (χ2v) is 7.00. The minimum atomic E-state index is 0.327. The quantitative estimate of drug-likeness (QED) is 0.608. The summed E-state index contributed by atoms with van der Waals surface area (Å²) >= 11 is 0.327. The molecule has 0 heterocycles. The molecule has 3 heteroatoms. The summed E-state index contributed by atoms with van der Waals surface area (Å²) in [6, 6.07) is 22.8. The summed E-state index contributed by atoms with van der Waals surface area (Å²) in [6.07, 6.45) is 0. The number of para-hydroxylation sites is 2. The van der Waals surface area contributed by atoms with Crippen molar-refractivity contribution in [1.82, 2.24) is 0 Å². The molecule has 0 atom stereocenters. The molecule has 0 N–H and O–H groups in total. The first-order valence-electron chi connectivity index (χ1n) is 7.74. The molecule has 0 aliphatic carbocycles. The van der Waals surface area contributed by atoms with Crippen LogP contribution in [-0.2, 0) is 0 Å². The van der Waals surface area contributed by atoms with Gasteiger partial charge in [-0.1, -0.05) is 0 Å². The van der Waals surface area contributed by atoms with E-state index < -0.39 is 0 Å². The molecule has 0 radical (unpaired) electrons. The Hall–Kier alpha value is -2.22. The van der Waals surface area contributed by atoms with Crippen LogP contribution in [0.2, 0.25) is 5.82 Å². The van der Waals surface area contributed by atoms with Gasteiger partial charge < -0.3 is 0 Å². The molecular weight excluding hydrogens is 363 g/mol. The zero-order valence-corrected chi connectivity index (χ0v) is 15.8. The third kappa shape index (κ3) is 3.06. The molecule has 0 bridgehead atoms. The monoisotopic (exact) mass is 384 g/mol. The van der Waals surface area contributed by atoms with Crippen LogP contribution in [0.5, 0.6) is 11.5 Å². The van der Waals surface area contributed by atoms with E-state index in [9.17, 15) is 0 Å². The first-order valence-corrected chi connectivity index (χ1v) is 10.3. The Bertz CT molecular complexity index is 777. The molecule has 0 spiro atoms. The molecule has 0 saturated carbocycles. The molecule has 0 unspecified atom stereocenters. The number of benzene rings is 3. The molecule has 0 amide bonds. The third-order valence-electron chi connectivity index (χ3n) is 4.01. The van der Waals surface area contributed by atoms with Crippen LogP contribution in [-0.4, -0.2) is 29.2 Å². The Morgan fingerprint density at radius 1 is 0.583 bits per heavy atom. The van der Waals surface area contributed by atoms with Gasteiger partial charge in [0.25, 0.3) is 0 Å². The van der Waals surface area contributed by atoms with E-state index in [1.54, 1.807) is 14.2 Å². The molecule has 3 aromatic rings. The van der Waals surface area contributed by atoms with Crippen molar-refractivity contribution in [2.24, 2.45) is 0 Å². The van der Waals surface area contributed by atoms with Crippen LogP contribution in [0.1, 0.15) is 0 Å². The first-order chi connectivity index (χ1) is 11.8. The summed E-state index contributed by atoms with van der Waals surface area (Å²) < 4.78 is 12.5. The van der Waals surface area contributed by atoms with Crippen LogP contribution in [0, 0.1) is 0 Å². The van der Waals surface area contributed by atoms with Gasteiger partial charge >= 0.3 is 149 Å². The molecule has 122 valence electrons. The summed E-state index contributed by atoms with van der Waals surface area (Å²) in [5.41, 5.74) is 4.74. The molecular formula is C21H20O2Se. The summed E-state index contributed by atoms with van der Waals surface area (Å²) in [7, 11) is 3.44. The van der Waals surface area contributed by atoms with Crippen molar-refractivity contribution < 1.29 is 9.47 Å². The average Bonchev–Trinajstić information content (AvgIpc) is 2.67. The zero-order valence-electron chi connectivity index (χ0n) is 14.1. The van der Waals surface area contributed by atoms with Crippen molar-refractivity contribution in [3.63, 3.8) is 0 Å². The van der Waals surface area contributed by atoms with Gasteiger partial charge in [-0.3, -0.25) is 0 Å². The standard InChI is InChI=1S/C21H20O2Se/c1-22-19-13-6-4-9-15(19)17-11-8-12-18(21(17)24-3)16-10-5-7-14-20(16)23-2/h4-14H,1-3H3. The molecule has 3 aromatic carbocycles. The maximum atomic E-state index is 5.57. The van der Waals surface area contributed by atoms with Gasteiger partial charge in [0.1, 0.15) is 0 Å². The Morgan fingerprint density at radius 3 is 1.42 bits per heavy atom. The predicted octanol–water partition coefficient (Wildman–Crippen LogP) is 4.42. The fraction of sp³-hybridized carbons (Fsp3) is 0.143. The zero-order chi connectivity index (χ0) is 16.9. The summed E-state index contributed by atoms with van der Waals surface area (Å²) in [4.78, 5) is 0. The number of hydrogen-bond donors (Lipinski definition) is 0. The van der Waals surface area contributed by atoms with E-state index in [0.717, 1.165) is 22.6 Å². The number of ether oxygens (including phenoxy) is 2. The molecule has 2 nitrogen and oxygen atoms in total. The summed E-state index contributed by atoms with van der Waals surface area (Å²) in [5, 5.41) is 0. The van der Waals surface area contributed by atoms with Gasteiger partial charge in [-0.15, -0.1) is 0 Å². The van der Waals surface area contributed by atoms with E-state index >= 15 is 0 Å². The fourth-order valence-corrected chi connectivity index (χ4v) is 4.59. The minimum absolute atomic E-state index is 0.327. The van der Waals surface area contributed by atoms with Crippen LogP contribution in [0.3, 0.4) is 0 Å². The molecule has 0 aromatic heterocycles. The molecule has 24 heavy (non-hydrogen) atoms. The van der Waals surface area contributed by atoms with Gasteiger partial charge in [-0.05, 0) is 0 Å². The Labute approximate surface area is 149 Å². The van der Waals surface area contributed by atoms with E-state index in [2.05, 4.69) is 48.3 Å². The van der Waals surface area contributed by atoms with Crippen molar-refractivity contribution in [2.75, 3.05) is 14.2 Å². The topological polar surface area (TPSA) is 18.5 Å². The molecule has 0 saturated heterocycles. The van der Waals surface area contributed by atoms with E-state index in [4.69, 9.17) is 9.47 Å². The molecule has 3 rings (SSSR count). The van der Waals surface area contributed by atoms with E-state index in [-0.39, 0.29) is 0 Å². The van der Waals surface area contributed by atoms with E-state index in [1.165, 1.54) is 15.6 Å². The Balaban J connectivity index is 2.24. The Kier molecular flexibility index (Phi) is 5.24. The summed E-state index contributed by atoms with van der Waals surface area (Å²) in [6.45, 7) is 0. The van der Waals surface area contributed by atoms with E-state index in [1.807, 2.05) is 24.3 Å². The first kappa shape index (κ1) is 16.6. The van der Waals surface area contributed by atoms with Gasteiger partial charge in [-0.2, -0.15) is 0 Å². The molecule has 0 aliphatic heterocycles. The number of methoxy groups -OCH3 is 2. The van der Waals surface area contributed by atoms with Crippen LogP contribution >= 0.6 is 0 Å². The fourth-order valence-electron chi connectivity index (χ4n) is 2.92. The van der Waals surface area contributed by atoms with Gasteiger partial charge in [0.05, 0.1) is 0 Å². The van der Waals surface area contributed by atoms with Gasteiger partial charge in [0.15, 0.2) is 0 Å². The average molecular weight is 383 g/mol. The number of rotatable bonds is 5. The van der Waals surface area contributed by atoms with Gasteiger partial charge in [-0.25, -0.2) is 0 Å². The van der Waals surface area contributed by atoms with Crippen molar-refractivity contribution in [1.29, 1.82) is 0 Å². The van der Waals surface area contributed by atoms with Gasteiger partial charge in [0.2, 0.25) is 0 Å². The van der Waals surface area contributed by atoms with Gasteiger partial charge in [0, 0.05) is 0 Å². The van der Waals surface area contributed by atoms with Crippen LogP contribution in [0.15, 0.2) is 66.7 Å². The van der Waals surface area contributed by atoms with Crippen molar-refractivity contribution in [2.45, 2.75) is 5.82 Å². The van der Waals surface area contributed by atoms with E-state index in [0.29, 0.717) is 15.0 Å². The van der Waals surface area contributed by atoms with Crippen molar-refractivity contribution in [3.05, 3.63) is 66.7 Å². The predicted molar refractivity (Wildman–Crippen MR) is 102 cm³/mol. The second-order valence-electron chi connectivity index (χ2n) is 5.29. The number of hydrogen-bond acceptors (Lipinski definition) is 2. The Morgan fingerprint density at radius 2 is 1.00 bits per heavy atom. The van der Waals surface area contributed by atoms with Crippen molar-refractivity contribution in [3.8, 4) is 33.8 Å². The molecule has 0 fully saturated rings. The molecule has 0 aliphatic rings. The van der Waals surface area contributed by atoms with Crippen LogP contribution in [0.4, 0.5) is 0 Å². The third-order valence-corrected chi connectivity index (χ3v) is 5.79. The summed E-state index contributed by atoms with van der Waals surface area (Å²) in [5.74, 6) is 4.06. The maximum absolute atomic E-state index is 5.57. The van der Waals surface area contributed by atoms with Crippen molar-refractivity contribution >= 4 is 19.4 Å². The SMILES string of the molecule is COc1ccccc1-c1cccc(-c2ccccc2OC)c1[Se]C. The van der Waals surface area contributed by atoms with Crippen LogP contribution in [0.25, 0.3) is 22.3 Å².